The molecule has 0 radical (unpaired) electrons. The van der Waals surface area contributed by atoms with Gasteiger partial charge in [-0.1, -0.05) is 37.3 Å². The van der Waals surface area contributed by atoms with Crippen molar-refractivity contribution in [2.45, 2.75) is 19.4 Å². The van der Waals surface area contributed by atoms with E-state index in [0.717, 1.165) is 34.2 Å². The maximum atomic E-state index is 10.6. The Hall–Kier alpha value is -3.64. The molecule has 4 N–H and O–H groups in total. The molecule has 3 aromatic carbocycles. The van der Waals surface area contributed by atoms with Gasteiger partial charge in [0.2, 0.25) is 0 Å². The van der Waals surface area contributed by atoms with Crippen molar-refractivity contribution in [2.75, 3.05) is 19.0 Å². The SMILES string of the molecule is CC[C@@H](N)CNc1nc(-c2cc(-c3cccc(OC)c3)ccc2O)nc2ccccc12. The largest absolute Gasteiger partial charge is 0.507 e. The van der Waals surface area contributed by atoms with Gasteiger partial charge in [0.05, 0.1) is 18.2 Å². The van der Waals surface area contributed by atoms with E-state index in [4.69, 9.17) is 20.4 Å². The molecule has 6 nitrogen and oxygen atoms in total. The quantitative estimate of drug-likeness (QED) is 0.401. The minimum absolute atomic E-state index is 0.0296. The van der Waals surface area contributed by atoms with Crippen LogP contribution >= 0.6 is 0 Å². The molecule has 31 heavy (non-hydrogen) atoms. The first-order chi connectivity index (χ1) is 15.1. The molecule has 4 rings (SSSR count). The normalized spacial score (nSPS) is 12.0. The van der Waals surface area contributed by atoms with Crippen LogP contribution in [0, 0.1) is 0 Å². The highest BCUT2D eigenvalue weighted by Gasteiger charge is 2.14. The second-order valence-electron chi connectivity index (χ2n) is 7.43. The number of aromatic hydroxyl groups is 1. The summed E-state index contributed by atoms with van der Waals surface area (Å²) in [6, 6.07) is 21.1. The van der Waals surface area contributed by atoms with Crippen molar-refractivity contribution in [3.05, 3.63) is 66.7 Å². The summed E-state index contributed by atoms with van der Waals surface area (Å²) in [5.41, 5.74) is 9.37. The van der Waals surface area contributed by atoms with Crippen molar-refractivity contribution in [1.82, 2.24) is 9.97 Å². The molecule has 0 bridgehead atoms. The number of phenolic OH excluding ortho intramolecular Hbond substituents is 1. The van der Waals surface area contributed by atoms with Crippen LogP contribution in [0.1, 0.15) is 13.3 Å². The fraction of sp³-hybridized carbons (Fsp3) is 0.200. The number of rotatable bonds is 7. The molecule has 0 unspecified atom stereocenters. The Labute approximate surface area is 181 Å². The van der Waals surface area contributed by atoms with Gasteiger partial charge in [-0.25, -0.2) is 9.97 Å². The number of methoxy groups -OCH3 is 1. The molecule has 6 heteroatoms. The fourth-order valence-corrected chi connectivity index (χ4v) is 3.40. The molecule has 0 aliphatic heterocycles. The van der Waals surface area contributed by atoms with Gasteiger partial charge in [0, 0.05) is 18.0 Å². The van der Waals surface area contributed by atoms with Crippen LogP contribution in [-0.4, -0.2) is 34.8 Å². The smallest absolute Gasteiger partial charge is 0.165 e. The summed E-state index contributed by atoms with van der Waals surface area (Å²) >= 11 is 0. The standard InChI is InChI=1S/C25H26N4O2/c1-3-18(26)15-27-24-20-9-4-5-10-22(20)28-25(29-24)21-14-17(11-12-23(21)30)16-7-6-8-19(13-16)31-2/h4-14,18,30H,3,15,26H2,1-2H3,(H,27,28,29)/t18-/m1/s1. The molecule has 158 valence electrons. The second-order valence-corrected chi connectivity index (χ2v) is 7.43. The third kappa shape index (κ3) is 4.44. The number of nitrogens with two attached hydrogens (primary N) is 1. The van der Waals surface area contributed by atoms with Gasteiger partial charge in [0.25, 0.3) is 0 Å². The van der Waals surface area contributed by atoms with Crippen LogP contribution in [-0.2, 0) is 0 Å². The summed E-state index contributed by atoms with van der Waals surface area (Å²) < 4.78 is 5.34. The van der Waals surface area contributed by atoms with E-state index in [2.05, 4.69) is 12.2 Å². The molecule has 0 fully saturated rings. The zero-order valence-corrected chi connectivity index (χ0v) is 17.7. The topological polar surface area (TPSA) is 93.3 Å². The van der Waals surface area contributed by atoms with Crippen LogP contribution < -0.4 is 15.8 Å². The lowest BCUT2D eigenvalue weighted by molar-refractivity contribution is 0.415. The molecular formula is C25H26N4O2. The summed E-state index contributed by atoms with van der Waals surface area (Å²) in [5.74, 6) is 2.05. The maximum absolute atomic E-state index is 10.6. The van der Waals surface area contributed by atoms with Gasteiger partial charge >= 0.3 is 0 Å². The van der Waals surface area contributed by atoms with Crippen LogP contribution in [0.4, 0.5) is 5.82 Å². The summed E-state index contributed by atoms with van der Waals surface area (Å²) in [6.07, 6.45) is 0.867. The van der Waals surface area contributed by atoms with Crippen molar-refractivity contribution in [2.24, 2.45) is 5.73 Å². The van der Waals surface area contributed by atoms with Crippen molar-refractivity contribution in [1.29, 1.82) is 0 Å². The van der Waals surface area contributed by atoms with Crippen molar-refractivity contribution < 1.29 is 9.84 Å². The first kappa shape index (κ1) is 20.6. The maximum Gasteiger partial charge on any atom is 0.165 e. The van der Waals surface area contributed by atoms with Gasteiger partial charge in [0.15, 0.2) is 5.82 Å². The van der Waals surface area contributed by atoms with E-state index in [9.17, 15) is 5.11 Å². The van der Waals surface area contributed by atoms with Gasteiger partial charge in [-0.2, -0.15) is 0 Å². The molecular weight excluding hydrogens is 388 g/mol. The predicted octanol–water partition coefficient (Wildman–Crippen LogP) is 4.83. The lowest BCUT2D eigenvalue weighted by atomic mass is 10.0. The van der Waals surface area contributed by atoms with E-state index in [1.54, 1.807) is 13.2 Å². The lowest BCUT2D eigenvalue weighted by Crippen LogP contribution is -2.28. The van der Waals surface area contributed by atoms with Gasteiger partial charge in [-0.3, -0.25) is 0 Å². The van der Waals surface area contributed by atoms with Gasteiger partial charge < -0.3 is 20.9 Å². The number of para-hydroxylation sites is 1. The minimum atomic E-state index is 0.0296. The number of aromatic nitrogens is 2. The Morgan fingerprint density at radius 1 is 1.00 bits per heavy atom. The van der Waals surface area contributed by atoms with E-state index in [0.29, 0.717) is 23.8 Å². The Bertz CT molecular complexity index is 1210. The molecule has 0 saturated carbocycles. The highest BCUT2D eigenvalue weighted by Crippen LogP contribution is 2.34. The van der Waals surface area contributed by atoms with Crippen LogP contribution in [0.25, 0.3) is 33.4 Å². The first-order valence-corrected chi connectivity index (χ1v) is 10.3. The fourth-order valence-electron chi connectivity index (χ4n) is 3.40. The highest BCUT2D eigenvalue weighted by atomic mass is 16.5. The van der Waals surface area contributed by atoms with Crippen molar-refractivity contribution in [3.63, 3.8) is 0 Å². The predicted molar refractivity (Wildman–Crippen MR) is 125 cm³/mol. The zero-order valence-electron chi connectivity index (χ0n) is 17.7. The monoisotopic (exact) mass is 414 g/mol. The Morgan fingerprint density at radius 3 is 2.61 bits per heavy atom. The van der Waals surface area contributed by atoms with Crippen molar-refractivity contribution >= 4 is 16.7 Å². The summed E-state index contributed by atoms with van der Waals surface area (Å²) in [6.45, 7) is 2.66. The van der Waals surface area contributed by atoms with Gasteiger partial charge in [0.1, 0.15) is 17.3 Å². The number of benzene rings is 3. The number of anilines is 1. The molecule has 0 aliphatic rings. The number of nitrogens with one attached hydrogen (secondary N) is 1. The average Bonchev–Trinajstić information content (AvgIpc) is 2.82. The molecule has 4 aromatic rings. The van der Waals surface area contributed by atoms with Crippen LogP contribution in [0.5, 0.6) is 11.5 Å². The number of ether oxygens (including phenoxy) is 1. The zero-order chi connectivity index (χ0) is 21.8. The minimum Gasteiger partial charge on any atom is -0.507 e. The van der Waals surface area contributed by atoms with E-state index in [1.807, 2.05) is 60.7 Å². The molecule has 1 aromatic heterocycles. The Morgan fingerprint density at radius 2 is 1.81 bits per heavy atom. The number of fused-ring (bicyclic) bond motifs is 1. The van der Waals surface area contributed by atoms with E-state index >= 15 is 0 Å². The van der Waals surface area contributed by atoms with Crippen LogP contribution in [0.2, 0.25) is 0 Å². The van der Waals surface area contributed by atoms with Gasteiger partial charge in [-0.05, 0) is 53.9 Å². The summed E-state index contributed by atoms with van der Waals surface area (Å²) in [7, 11) is 1.64. The Balaban J connectivity index is 1.80. The van der Waals surface area contributed by atoms with Crippen LogP contribution in [0.3, 0.4) is 0 Å². The molecule has 0 amide bonds. The van der Waals surface area contributed by atoms with E-state index < -0.39 is 0 Å². The lowest BCUT2D eigenvalue weighted by Gasteiger charge is -2.15. The third-order valence-electron chi connectivity index (χ3n) is 5.30. The summed E-state index contributed by atoms with van der Waals surface area (Å²) in [5, 5.41) is 14.9. The molecule has 1 heterocycles. The number of hydrogen-bond acceptors (Lipinski definition) is 6. The third-order valence-corrected chi connectivity index (χ3v) is 5.30. The molecule has 0 saturated heterocycles. The molecule has 1 atom stereocenters. The van der Waals surface area contributed by atoms with E-state index in [-0.39, 0.29) is 11.8 Å². The van der Waals surface area contributed by atoms with E-state index in [1.165, 1.54) is 0 Å². The molecule has 0 aliphatic carbocycles. The average molecular weight is 415 g/mol. The van der Waals surface area contributed by atoms with Gasteiger partial charge in [-0.15, -0.1) is 0 Å². The number of hydrogen-bond donors (Lipinski definition) is 3. The van der Waals surface area contributed by atoms with Crippen LogP contribution in [0.15, 0.2) is 66.7 Å². The highest BCUT2D eigenvalue weighted by molar-refractivity contribution is 5.91. The molecule has 0 spiro atoms. The Kier molecular flexibility index (Phi) is 6.00. The number of phenols is 1. The number of nitrogens with zero attached hydrogens (tertiary/aromatic N) is 2. The first-order valence-electron chi connectivity index (χ1n) is 10.3. The summed E-state index contributed by atoms with van der Waals surface area (Å²) in [4.78, 5) is 9.46. The van der Waals surface area contributed by atoms with Crippen molar-refractivity contribution in [3.8, 4) is 34.0 Å². The second kappa shape index (κ2) is 9.02.